The zero-order valence-electron chi connectivity index (χ0n) is 12.1. The zero-order chi connectivity index (χ0) is 15.2. The molecule has 0 amide bonds. The predicted octanol–water partition coefficient (Wildman–Crippen LogP) is 2.44. The molecular formula is C16H16O5. The van der Waals surface area contributed by atoms with Gasteiger partial charge in [0.2, 0.25) is 0 Å². The van der Waals surface area contributed by atoms with Crippen LogP contribution in [0.3, 0.4) is 0 Å². The molecule has 5 heteroatoms. The molecule has 0 saturated carbocycles. The Morgan fingerprint density at radius 1 is 1.29 bits per heavy atom. The van der Waals surface area contributed by atoms with Crippen molar-refractivity contribution in [3.8, 4) is 5.75 Å². The van der Waals surface area contributed by atoms with Crippen LogP contribution in [0.5, 0.6) is 5.75 Å². The quantitative estimate of drug-likeness (QED) is 0.375. The Labute approximate surface area is 121 Å². The molecule has 2 aromatic rings. The molecule has 1 saturated heterocycles. The van der Waals surface area contributed by atoms with Gasteiger partial charge in [0.15, 0.2) is 0 Å². The molecule has 0 spiro atoms. The maximum atomic E-state index is 11.5. The van der Waals surface area contributed by atoms with Crippen molar-refractivity contribution < 1.29 is 18.7 Å². The Balaban J connectivity index is 2.12. The van der Waals surface area contributed by atoms with Gasteiger partial charge in [-0.05, 0) is 32.0 Å². The van der Waals surface area contributed by atoms with Gasteiger partial charge in [-0.15, -0.1) is 0 Å². The minimum absolute atomic E-state index is 0.0166. The lowest BCUT2D eigenvalue weighted by atomic mass is 10.00. The third kappa shape index (κ3) is 2.69. The second-order valence-electron chi connectivity index (χ2n) is 5.72. The average Bonchev–Trinajstić information content (AvgIpc) is 2.99. The molecule has 5 nitrogen and oxygen atoms in total. The van der Waals surface area contributed by atoms with E-state index in [0.29, 0.717) is 23.3 Å². The summed E-state index contributed by atoms with van der Waals surface area (Å²) in [6.45, 7) is 5.32. The summed E-state index contributed by atoms with van der Waals surface area (Å²) in [5.74, 6) is 0.000466. The number of hydrogen-bond acceptors (Lipinski definition) is 5. The molecule has 0 N–H and O–H groups in total. The number of hydrogen-bond donors (Lipinski definition) is 0. The lowest BCUT2D eigenvalue weighted by molar-refractivity contribution is -0.131. The SMILES string of the molecule is CC(=O)Oc1ccc2ccc(=O)oc2c1CC1OC1(C)C. The first-order valence-corrected chi connectivity index (χ1v) is 6.79. The molecule has 21 heavy (non-hydrogen) atoms. The minimum Gasteiger partial charge on any atom is -0.426 e. The highest BCUT2D eigenvalue weighted by molar-refractivity contribution is 5.83. The highest BCUT2D eigenvalue weighted by Crippen LogP contribution is 2.40. The summed E-state index contributed by atoms with van der Waals surface area (Å²) < 4.78 is 16.1. The number of benzene rings is 1. The zero-order valence-corrected chi connectivity index (χ0v) is 12.1. The number of carbonyl (C=O) groups is 1. The fraction of sp³-hybridized carbons (Fsp3) is 0.375. The van der Waals surface area contributed by atoms with E-state index in [4.69, 9.17) is 13.9 Å². The van der Waals surface area contributed by atoms with Crippen molar-refractivity contribution in [2.45, 2.75) is 38.9 Å². The largest absolute Gasteiger partial charge is 0.426 e. The van der Waals surface area contributed by atoms with Crippen LogP contribution >= 0.6 is 0 Å². The molecule has 1 aromatic carbocycles. The topological polar surface area (TPSA) is 69.0 Å². The summed E-state index contributed by atoms with van der Waals surface area (Å²) in [6.07, 6.45) is 0.544. The van der Waals surface area contributed by atoms with Crippen LogP contribution in [0, 0.1) is 0 Å². The van der Waals surface area contributed by atoms with Crippen molar-refractivity contribution >= 4 is 16.9 Å². The van der Waals surface area contributed by atoms with E-state index in [-0.39, 0.29) is 11.7 Å². The van der Waals surface area contributed by atoms with E-state index in [9.17, 15) is 9.59 Å². The second kappa shape index (κ2) is 4.70. The molecule has 1 unspecified atom stereocenters. The summed E-state index contributed by atoms with van der Waals surface area (Å²) in [4.78, 5) is 22.7. The molecule has 1 aromatic heterocycles. The molecule has 3 rings (SSSR count). The van der Waals surface area contributed by atoms with Crippen molar-refractivity contribution in [2.24, 2.45) is 0 Å². The van der Waals surface area contributed by atoms with Crippen molar-refractivity contribution in [1.82, 2.24) is 0 Å². The molecule has 1 aliphatic rings. The van der Waals surface area contributed by atoms with Crippen LogP contribution < -0.4 is 10.4 Å². The second-order valence-corrected chi connectivity index (χ2v) is 5.72. The average molecular weight is 288 g/mol. The van der Waals surface area contributed by atoms with E-state index in [2.05, 4.69) is 0 Å². The Hall–Kier alpha value is -2.14. The van der Waals surface area contributed by atoms with Gasteiger partial charge in [-0.3, -0.25) is 4.79 Å². The van der Waals surface area contributed by atoms with E-state index < -0.39 is 11.6 Å². The lowest BCUT2D eigenvalue weighted by Gasteiger charge is -2.10. The van der Waals surface area contributed by atoms with Gasteiger partial charge in [-0.2, -0.15) is 0 Å². The monoisotopic (exact) mass is 288 g/mol. The Kier molecular flexibility index (Phi) is 3.10. The third-order valence-electron chi connectivity index (χ3n) is 3.66. The van der Waals surface area contributed by atoms with Gasteiger partial charge in [0.1, 0.15) is 11.3 Å². The summed E-state index contributed by atoms with van der Waals surface area (Å²) >= 11 is 0. The predicted molar refractivity (Wildman–Crippen MR) is 76.4 cm³/mol. The molecule has 0 radical (unpaired) electrons. The molecule has 1 atom stereocenters. The van der Waals surface area contributed by atoms with Crippen LogP contribution in [0.25, 0.3) is 11.0 Å². The minimum atomic E-state index is -0.431. The van der Waals surface area contributed by atoms with E-state index in [0.717, 1.165) is 5.39 Å². The summed E-state index contributed by atoms with van der Waals surface area (Å²) in [5, 5.41) is 0.791. The number of rotatable bonds is 3. The molecule has 1 fully saturated rings. The summed E-state index contributed by atoms with van der Waals surface area (Å²) in [6, 6.07) is 6.55. The van der Waals surface area contributed by atoms with Gasteiger partial charge in [0, 0.05) is 30.4 Å². The van der Waals surface area contributed by atoms with Crippen LogP contribution in [0.1, 0.15) is 26.3 Å². The molecular weight excluding hydrogens is 272 g/mol. The van der Waals surface area contributed by atoms with Crippen LogP contribution in [-0.2, 0) is 16.0 Å². The normalized spacial score (nSPS) is 19.5. The van der Waals surface area contributed by atoms with Crippen molar-refractivity contribution in [3.05, 3.63) is 40.2 Å². The molecule has 110 valence electrons. The van der Waals surface area contributed by atoms with E-state index in [1.165, 1.54) is 13.0 Å². The molecule has 1 aliphatic heterocycles. The lowest BCUT2D eigenvalue weighted by Crippen LogP contribution is -2.10. The van der Waals surface area contributed by atoms with Crippen LogP contribution in [0.15, 0.2) is 33.5 Å². The summed E-state index contributed by atoms with van der Waals surface area (Å²) in [7, 11) is 0. The third-order valence-corrected chi connectivity index (χ3v) is 3.66. The van der Waals surface area contributed by atoms with Gasteiger partial charge in [-0.25, -0.2) is 4.79 Å². The molecule has 0 bridgehead atoms. The van der Waals surface area contributed by atoms with E-state index >= 15 is 0 Å². The first kappa shape index (κ1) is 13.8. The number of fused-ring (bicyclic) bond motifs is 1. The number of epoxide rings is 1. The van der Waals surface area contributed by atoms with Gasteiger partial charge >= 0.3 is 11.6 Å². The Morgan fingerprint density at radius 3 is 2.57 bits per heavy atom. The van der Waals surface area contributed by atoms with Crippen molar-refractivity contribution in [3.63, 3.8) is 0 Å². The van der Waals surface area contributed by atoms with Gasteiger partial charge in [0.05, 0.1) is 11.7 Å². The summed E-state index contributed by atoms with van der Waals surface area (Å²) in [5.41, 5.74) is 0.508. The Bertz CT molecular complexity index is 772. The first-order valence-electron chi connectivity index (χ1n) is 6.79. The number of esters is 1. The van der Waals surface area contributed by atoms with Crippen LogP contribution in [-0.4, -0.2) is 17.7 Å². The highest BCUT2D eigenvalue weighted by atomic mass is 16.6. The number of carbonyl (C=O) groups excluding carboxylic acids is 1. The smallest absolute Gasteiger partial charge is 0.336 e. The molecule has 0 aliphatic carbocycles. The fourth-order valence-corrected chi connectivity index (χ4v) is 2.42. The van der Waals surface area contributed by atoms with Gasteiger partial charge in [-0.1, -0.05) is 0 Å². The van der Waals surface area contributed by atoms with E-state index in [1.807, 2.05) is 13.8 Å². The number of ether oxygens (including phenoxy) is 2. The maximum Gasteiger partial charge on any atom is 0.336 e. The fourth-order valence-electron chi connectivity index (χ4n) is 2.42. The molecule has 2 heterocycles. The van der Waals surface area contributed by atoms with Crippen LogP contribution in [0.2, 0.25) is 0 Å². The highest BCUT2D eigenvalue weighted by Gasteiger charge is 2.48. The first-order chi connectivity index (χ1) is 9.87. The van der Waals surface area contributed by atoms with E-state index in [1.54, 1.807) is 18.2 Å². The van der Waals surface area contributed by atoms with Gasteiger partial charge in [0.25, 0.3) is 0 Å². The van der Waals surface area contributed by atoms with Crippen LogP contribution in [0.4, 0.5) is 0 Å². The van der Waals surface area contributed by atoms with Gasteiger partial charge < -0.3 is 13.9 Å². The van der Waals surface area contributed by atoms with Crippen molar-refractivity contribution in [2.75, 3.05) is 0 Å². The standard InChI is InChI=1S/C16H16O5/c1-9(17)19-12-6-4-10-5-7-14(18)20-15(10)11(12)8-13-16(2,3)21-13/h4-7,13H,8H2,1-3H3. The maximum absolute atomic E-state index is 11.5. The van der Waals surface area contributed by atoms with Crippen molar-refractivity contribution in [1.29, 1.82) is 0 Å². The Morgan fingerprint density at radius 2 is 1.95 bits per heavy atom.